The van der Waals surface area contributed by atoms with Crippen molar-refractivity contribution in [1.82, 2.24) is 14.5 Å². The van der Waals surface area contributed by atoms with Crippen molar-refractivity contribution in [2.75, 3.05) is 16.4 Å². The van der Waals surface area contributed by atoms with Crippen LogP contribution in [0.25, 0.3) is 33.1 Å². The zero-order valence-corrected chi connectivity index (χ0v) is 19.7. The second kappa shape index (κ2) is 8.70. The molecule has 7 heteroatoms. The summed E-state index contributed by atoms with van der Waals surface area (Å²) in [7, 11) is 2.02. The number of carbonyl (C=O) groups excluding carboxylic acids is 1. The number of rotatable bonds is 5. The van der Waals surface area contributed by atoms with E-state index in [1.54, 1.807) is 12.1 Å². The van der Waals surface area contributed by atoms with Crippen molar-refractivity contribution in [3.63, 3.8) is 0 Å². The van der Waals surface area contributed by atoms with E-state index in [9.17, 15) is 4.79 Å². The highest BCUT2D eigenvalue weighted by molar-refractivity contribution is 6.07. The van der Waals surface area contributed by atoms with Gasteiger partial charge in [-0.3, -0.25) is 4.79 Å². The molecule has 0 spiro atoms. The number of nitrogen functional groups attached to an aromatic ring is 1. The lowest BCUT2D eigenvalue weighted by molar-refractivity contribution is 0.102. The van der Waals surface area contributed by atoms with Crippen LogP contribution in [-0.2, 0) is 13.6 Å². The zero-order valence-electron chi connectivity index (χ0n) is 19.7. The molecule has 4 aromatic carbocycles. The number of amides is 1. The maximum atomic E-state index is 12.6. The number of aryl methyl sites for hydroxylation is 1. The fourth-order valence-electron chi connectivity index (χ4n) is 4.43. The molecule has 6 aromatic rings. The molecule has 0 aliphatic rings. The van der Waals surface area contributed by atoms with Crippen LogP contribution in [-0.4, -0.2) is 20.4 Å². The lowest BCUT2D eigenvalue weighted by Crippen LogP contribution is -2.13. The lowest BCUT2D eigenvalue weighted by Gasteiger charge is -2.10. The highest BCUT2D eigenvalue weighted by Crippen LogP contribution is 2.29. The molecule has 2 heterocycles. The van der Waals surface area contributed by atoms with E-state index < -0.39 is 0 Å². The second-order valence-corrected chi connectivity index (χ2v) is 8.77. The van der Waals surface area contributed by atoms with Gasteiger partial charge >= 0.3 is 0 Å². The Morgan fingerprint density at radius 3 is 2.39 bits per heavy atom. The van der Waals surface area contributed by atoms with Crippen molar-refractivity contribution < 1.29 is 4.79 Å². The van der Waals surface area contributed by atoms with Gasteiger partial charge in [-0.2, -0.15) is 0 Å². The van der Waals surface area contributed by atoms with Gasteiger partial charge in [0.05, 0.1) is 27.9 Å². The topological polar surface area (TPSA) is 97.9 Å². The summed E-state index contributed by atoms with van der Waals surface area (Å²) in [6.07, 6.45) is 0. The van der Waals surface area contributed by atoms with Crippen molar-refractivity contribution in [2.24, 2.45) is 7.05 Å². The molecule has 4 N–H and O–H groups in total. The second-order valence-electron chi connectivity index (χ2n) is 8.77. The number of nitrogens with zero attached hydrogens (tertiary/aromatic N) is 3. The van der Waals surface area contributed by atoms with Crippen LogP contribution in [0.5, 0.6) is 0 Å². The summed E-state index contributed by atoms with van der Waals surface area (Å²) >= 11 is 0. The monoisotopic (exact) mass is 472 g/mol. The molecule has 6 rings (SSSR count). The van der Waals surface area contributed by atoms with Gasteiger partial charge in [-0.05, 0) is 60.2 Å². The van der Waals surface area contributed by atoms with Crippen LogP contribution in [0.4, 0.5) is 17.1 Å². The summed E-state index contributed by atoms with van der Waals surface area (Å²) in [6, 6.07) is 29.0. The van der Waals surface area contributed by atoms with Gasteiger partial charge in [0.1, 0.15) is 5.52 Å². The van der Waals surface area contributed by atoms with Crippen molar-refractivity contribution in [1.29, 1.82) is 0 Å². The van der Waals surface area contributed by atoms with Crippen LogP contribution in [0, 0.1) is 0 Å². The van der Waals surface area contributed by atoms with Gasteiger partial charge in [-0.25, -0.2) is 9.97 Å². The molecule has 2 aromatic heterocycles. The fourth-order valence-corrected chi connectivity index (χ4v) is 4.43. The Kier molecular flexibility index (Phi) is 5.22. The first-order chi connectivity index (χ1) is 17.6. The number of carbonyl (C=O) groups is 1. The maximum absolute atomic E-state index is 12.6. The van der Waals surface area contributed by atoms with Crippen LogP contribution in [0.3, 0.4) is 0 Å². The van der Waals surface area contributed by atoms with Crippen molar-refractivity contribution >= 4 is 56.1 Å². The molecule has 176 valence electrons. The van der Waals surface area contributed by atoms with Gasteiger partial charge in [0.25, 0.3) is 5.91 Å². The quantitative estimate of drug-likeness (QED) is 0.279. The number of aromatic nitrogens is 3. The Labute approximate surface area is 207 Å². The highest BCUT2D eigenvalue weighted by Gasteiger charge is 2.13. The number of hydrogen-bond donors (Lipinski definition) is 3. The van der Waals surface area contributed by atoms with E-state index in [1.807, 2.05) is 67.7 Å². The minimum atomic E-state index is -0.192. The molecule has 36 heavy (non-hydrogen) atoms. The van der Waals surface area contributed by atoms with Crippen LogP contribution in [0.1, 0.15) is 15.9 Å². The molecule has 0 aliphatic carbocycles. The summed E-state index contributed by atoms with van der Waals surface area (Å²) in [5, 5.41) is 7.40. The van der Waals surface area contributed by atoms with E-state index in [-0.39, 0.29) is 5.91 Å². The van der Waals surface area contributed by atoms with Crippen LogP contribution < -0.4 is 16.4 Å². The molecular weight excluding hydrogens is 448 g/mol. The third-order valence-electron chi connectivity index (χ3n) is 6.40. The third-order valence-corrected chi connectivity index (χ3v) is 6.40. The van der Waals surface area contributed by atoms with E-state index in [0.717, 1.165) is 44.4 Å². The maximum Gasteiger partial charge on any atom is 0.255 e. The molecular formula is C29H24N6O. The summed E-state index contributed by atoms with van der Waals surface area (Å²) < 4.78 is 2.08. The first-order valence-electron chi connectivity index (χ1n) is 11.7. The van der Waals surface area contributed by atoms with Crippen LogP contribution in [0.2, 0.25) is 0 Å². The predicted molar refractivity (Wildman–Crippen MR) is 146 cm³/mol. The third kappa shape index (κ3) is 3.86. The Morgan fingerprint density at radius 2 is 1.61 bits per heavy atom. The van der Waals surface area contributed by atoms with Gasteiger partial charge < -0.3 is 20.9 Å². The summed E-state index contributed by atoms with van der Waals surface area (Å²) in [6.45, 7) is 0.623. The molecule has 7 nitrogen and oxygen atoms in total. The van der Waals surface area contributed by atoms with Gasteiger partial charge in [-0.15, -0.1) is 0 Å². The molecule has 0 radical (unpaired) electrons. The summed E-state index contributed by atoms with van der Waals surface area (Å²) in [5.74, 6) is -0.192. The molecule has 0 atom stereocenters. The molecule has 0 saturated carbocycles. The van der Waals surface area contributed by atoms with E-state index in [1.165, 1.54) is 0 Å². The normalized spacial score (nSPS) is 11.2. The van der Waals surface area contributed by atoms with Crippen molar-refractivity contribution in [2.45, 2.75) is 6.54 Å². The number of fused-ring (bicyclic) bond motifs is 4. The predicted octanol–water partition coefficient (Wildman–Crippen LogP) is 5.72. The lowest BCUT2D eigenvalue weighted by atomic mass is 10.1. The number of nitrogens with one attached hydrogen (secondary N) is 2. The minimum absolute atomic E-state index is 0.192. The largest absolute Gasteiger partial charge is 0.397 e. The first kappa shape index (κ1) is 21.6. The minimum Gasteiger partial charge on any atom is -0.397 e. The smallest absolute Gasteiger partial charge is 0.255 e. The molecule has 0 aliphatic heterocycles. The fraction of sp³-hybridized carbons (Fsp3) is 0.0690. The number of hydrogen-bond acceptors (Lipinski definition) is 5. The Hall–Kier alpha value is -4.91. The molecule has 0 unspecified atom stereocenters. The Balaban J connectivity index is 1.21. The van der Waals surface area contributed by atoms with E-state index in [0.29, 0.717) is 23.5 Å². The molecule has 0 saturated heterocycles. The van der Waals surface area contributed by atoms with Gasteiger partial charge in [0, 0.05) is 30.2 Å². The van der Waals surface area contributed by atoms with Gasteiger partial charge in [-0.1, -0.05) is 36.4 Å². The molecule has 0 bridgehead atoms. The standard InChI is InChI=1S/C29H24N6O/c1-35-26-15-14-20(16-21(26)27-28(35)33-25-9-5-4-8-24(25)32-27)31-17-18-10-12-19(13-11-18)29(36)34-23-7-3-2-6-22(23)30/h2-16,31H,17,30H2,1H3,(H,34,36). The van der Waals surface area contributed by atoms with E-state index in [4.69, 9.17) is 15.7 Å². The Bertz CT molecular complexity index is 1750. The summed E-state index contributed by atoms with van der Waals surface area (Å²) in [5.41, 5.74) is 14.3. The number of para-hydroxylation sites is 4. The molecule has 1 amide bonds. The van der Waals surface area contributed by atoms with Crippen molar-refractivity contribution in [3.8, 4) is 0 Å². The van der Waals surface area contributed by atoms with E-state index in [2.05, 4.69) is 33.4 Å². The number of anilines is 3. The number of nitrogens with two attached hydrogens (primary N) is 1. The molecule has 0 fully saturated rings. The summed E-state index contributed by atoms with van der Waals surface area (Å²) in [4.78, 5) is 22.3. The Morgan fingerprint density at radius 1 is 0.889 bits per heavy atom. The SMILES string of the molecule is Cn1c2ccc(NCc3ccc(C(=O)Nc4ccccc4N)cc3)cc2c2nc3ccccc3nc21. The van der Waals surface area contributed by atoms with E-state index >= 15 is 0 Å². The average molecular weight is 473 g/mol. The van der Waals surface area contributed by atoms with Gasteiger partial charge in [0.15, 0.2) is 5.65 Å². The average Bonchev–Trinajstić information content (AvgIpc) is 3.18. The first-order valence-corrected chi connectivity index (χ1v) is 11.7. The zero-order chi connectivity index (χ0) is 24.6. The van der Waals surface area contributed by atoms with Gasteiger partial charge in [0.2, 0.25) is 0 Å². The highest BCUT2D eigenvalue weighted by atomic mass is 16.1. The van der Waals surface area contributed by atoms with Crippen LogP contribution in [0.15, 0.2) is 91.0 Å². The van der Waals surface area contributed by atoms with Crippen LogP contribution >= 0.6 is 0 Å². The number of benzene rings is 4. The van der Waals surface area contributed by atoms with Crippen molar-refractivity contribution in [3.05, 3.63) is 102 Å².